The van der Waals surface area contributed by atoms with Crippen LogP contribution in [-0.4, -0.2) is 52.3 Å². The van der Waals surface area contributed by atoms with Crippen LogP contribution in [0.25, 0.3) is 10.9 Å². The van der Waals surface area contributed by atoms with Crippen LogP contribution >= 0.6 is 0 Å². The zero-order chi connectivity index (χ0) is 23.8. The minimum absolute atomic E-state index is 0.00292. The average Bonchev–Trinajstić information content (AvgIpc) is 3.44. The van der Waals surface area contributed by atoms with Crippen molar-refractivity contribution in [1.29, 1.82) is 0 Å². The highest BCUT2D eigenvalue weighted by Gasteiger charge is 2.69. The SMILES string of the molecule is CN(C)[C@H](Cc1ccc2[nH]ncc2c1)CC(C(N)=O)C(c1ccncc1)C1(C(F)(F)F)CC1. The van der Waals surface area contributed by atoms with Gasteiger partial charge in [0.05, 0.1) is 17.1 Å². The number of carbonyl (C=O) groups is 1. The Labute approximate surface area is 190 Å². The van der Waals surface area contributed by atoms with Crippen LogP contribution in [0.2, 0.25) is 0 Å². The van der Waals surface area contributed by atoms with E-state index in [1.807, 2.05) is 37.2 Å². The van der Waals surface area contributed by atoms with Gasteiger partial charge in [0, 0.05) is 35.7 Å². The number of aromatic amines is 1. The fraction of sp³-hybridized carbons (Fsp3) is 0.458. The smallest absolute Gasteiger partial charge is 0.369 e. The first-order valence-corrected chi connectivity index (χ1v) is 11.0. The average molecular weight is 460 g/mol. The zero-order valence-corrected chi connectivity index (χ0v) is 18.6. The van der Waals surface area contributed by atoms with Gasteiger partial charge in [0.25, 0.3) is 0 Å². The van der Waals surface area contributed by atoms with Crippen molar-refractivity contribution in [3.8, 4) is 0 Å². The maximum absolute atomic E-state index is 14.2. The summed E-state index contributed by atoms with van der Waals surface area (Å²) in [6.07, 6.45) is 1.03. The standard InChI is InChI=1S/C24H28F3N5O/c1-32(2)18(12-15-3-4-20-17(11-15)14-30-31-20)13-19(22(28)33)21(16-5-9-29-10-6-16)23(7-8-23)24(25,26)27/h3-6,9-11,14,18-19,21H,7-8,12-13H2,1-2H3,(H2,28,33)(H,30,31)/t18-,19?,21?/m1/s1. The first-order valence-electron chi connectivity index (χ1n) is 11.0. The summed E-state index contributed by atoms with van der Waals surface area (Å²) in [5.74, 6) is -2.72. The predicted molar refractivity (Wildman–Crippen MR) is 119 cm³/mol. The molecule has 2 heterocycles. The van der Waals surface area contributed by atoms with Crippen LogP contribution in [0.3, 0.4) is 0 Å². The Morgan fingerprint density at radius 1 is 1.21 bits per heavy atom. The number of nitrogens with two attached hydrogens (primary N) is 1. The number of pyridine rings is 1. The molecule has 2 aromatic heterocycles. The highest BCUT2D eigenvalue weighted by atomic mass is 19.4. The number of rotatable bonds is 9. The van der Waals surface area contributed by atoms with Gasteiger partial charge in [-0.25, -0.2) is 0 Å². The number of likely N-dealkylation sites (N-methyl/N-ethyl adjacent to an activating group) is 1. The Bertz CT molecular complexity index is 1110. The molecular weight excluding hydrogens is 431 g/mol. The molecule has 1 saturated carbocycles. The first-order chi connectivity index (χ1) is 15.6. The van der Waals surface area contributed by atoms with Gasteiger partial charge in [-0.1, -0.05) is 6.07 Å². The summed E-state index contributed by atoms with van der Waals surface area (Å²) in [4.78, 5) is 18.6. The molecule has 1 amide bonds. The number of hydrogen-bond acceptors (Lipinski definition) is 4. The van der Waals surface area contributed by atoms with Gasteiger partial charge in [0.2, 0.25) is 5.91 Å². The summed E-state index contributed by atoms with van der Waals surface area (Å²) < 4.78 is 42.7. The first kappa shape index (κ1) is 23.2. The van der Waals surface area contributed by atoms with Crippen molar-refractivity contribution in [2.24, 2.45) is 17.1 Å². The molecule has 0 spiro atoms. The van der Waals surface area contributed by atoms with Crippen LogP contribution in [0.5, 0.6) is 0 Å². The molecule has 1 aliphatic rings. The maximum atomic E-state index is 14.2. The van der Waals surface area contributed by atoms with Gasteiger partial charge in [-0.15, -0.1) is 0 Å². The van der Waals surface area contributed by atoms with Crippen LogP contribution in [0.1, 0.15) is 36.3 Å². The summed E-state index contributed by atoms with van der Waals surface area (Å²) in [6, 6.07) is 8.87. The van der Waals surface area contributed by atoms with E-state index in [1.54, 1.807) is 18.3 Å². The second-order valence-electron chi connectivity index (χ2n) is 9.27. The van der Waals surface area contributed by atoms with Gasteiger partial charge >= 0.3 is 6.18 Å². The van der Waals surface area contributed by atoms with E-state index in [0.717, 1.165) is 16.5 Å². The van der Waals surface area contributed by atoms with Gasteiger partial charge in [0.15, 0.2) is 0 Å². The number of hydrogen-bond donors (Lipinski definition) is 2. The van der Waals surface area contributed by atoms with Crippen LogP contribution in [0.15, 0.2) is 48.9 Å². The van der Waals surface area contributed by atoms with Crippen molar-refractivity contribution in [3.05, 3.63) is 60.0 Å². The predicted octanol–water partition coefficient (Wildman–Crippen LogP) is 4.05. The minimum Gasteiger partial charge on any atom is -0.369 e. The third kappa shape index (κ3) is 4.59. The molecule has 3 N–H and O–H groups in total. The largest absolute Gasteiger partial charge is 0.395 e. The molecule has 1 aromatic carbocycles. The Kier molecular flexibility index (Phi) is 6.18. The third-order valence-electron chi connectivity index (χ3n) is 7.01. The molecular formula is C24H28F3N5O. The lowest BCUT2D eigenvalue weighted by atomic mass is 9.71. The van der Waals surface area contributed by atoms with Gasteiger partial charge in [0.1, 0.15) is 0 Å². The van der Waals surface area contributed by atoms with E-state index in [0.29, 0.717) is 12.0 Å². The topological polar surface area (TPSA) is 87.9 Å². The van der Waals surface area contributed by atoms with Gasteiger partial charge in [-0.2, -0.15) is 18.3 Å². The van der Waals surface area contributed by atoms with Gasteiger partial charge < -0.3 is 10.6 Å². The van der Waals surface area contributed by atoms with Crippen LogP contribution in [0, 0.1) is 11.3 Å². The number of aromatic nitrogens is 3. The van der Waals surface area contributed by atoms with Gasteiger partial charge in [-0.3, -0.25) is 14.9 Å². The monoisotopic (exact) mass is 459 g/mol. The fourth-order valence-corrected chi connectivity index (χ4v) is 4.99. The molecule has 176 valence electrons. The van der Waals surface area contributed by atoms with Crippen LogP contribution in [0.4, 0.5) is 13.2 Å². The van der Waals surface area contributed by atoms with Crippen LogP contribution < -0.4 is 5.73 Å². The highest BCUT2D eigenvalue weighted by Crippen LogP contribution is 2.67. The van der Waals surface area contributed by atoms with Crippen molar-refractivity contribution < 1.29 is 18.0 Å². The number of H-pyrrole nitrogens is 1. The second-order valence-corrected chi connectivity index (χ2v) is 9.27. The number of nitrogens with zero attached hydrogens (tertiary/aromatic N) is 3. The van der Waals surface area contributed by atoms with E-state index in [2.05, 4.69) is 15.2 Å². The molecule has 1 fully saturated rings. The molecule has 0 aliphatic heterocycles. The lowest BCUT2D eigenvalue weighted by Crippen LogP contribution is -2.43. The molecule has 2 unspecified atom stereocenters. The van der Waals surface area contributed by atoms with Crippen molar-refractivity contribution >= 4 is 16.8 Å². The van der Waals surface area contributed by atoms with Crippen molar-refractivity contribution in [2.45, 2.75) is 43.8 Å². The molecule has 1 aliphatic carbocycles. The van der Waals surface area contributed by atoms with Crippen LogP contribution in [-0.2, 0) is 11.2 Å². The van der Waals surface area contributed by atoms with E-state index in [-0.39, 0.29) is 25.3 Å². The number of nitrogens with one attached hydrogen (secondary N) is 1. The molecule has 3 aromatic rings. The molecule has 3 atom stereocenters. The van der Waals surface area contributed by atoms with E-state index in [9.17, 15) is 18.0 Å². The van der Waals surface area contributed by atoms with Crippen molar-refractivity contribution in [1.82, 2.24) is 20.1 Å². The maximum Gasteiger partial charge on any atom is 0.395 e. The highest BCUT2D eigenvalue weighted by molar-refractivity contribution is 5.79. The fourth-order valence-electron chi connectivity index (χ4n) is 4.99. The number of carbonyl (C=O) groups excluding carboxylic acids is 1. The van der Waals surface area contributed by atoms with Crippen molar-refractivity contribution in [2.75, 3.05) is 14.1 Å². The van der Waals surface area contributed by atoms with Gasteiger partial charge in [-0.05, 0) is 75.2 Å². The lowest BCUT2D eigenvalue weighted by molar-refractivity contribution is -0.198. The summed E-state index contributed by atoms with van der Waals surface area (Å²) in [6.45, 7) is 0. The van der Waals surface area contributed by atoms with Crippen molar-refractivity contribution in [3.63, 3.8) is 0 Å². The summed E-state index contributed by atoms with van der Waals surface area (Å²) in [5, 5.41) is 7.90. The Hall–Kier alpha value is -2.94. The zero-order valence-electron chi connectivity index (χ0n) is 18.6. The third-order valence-corrected chi connectivity index (χ3v) is 7.01. The Balaban J connectivity index is 1.67. The molecule has 9 heteroatoms. The summed E-state index contributed by atoms with van der Waals surface area (Å²) in [7, 11) is 3.74. The second kappa shape index (κ2) is 8.78. The molecule has 0 radical (unpaired) electrons. The normalized spacial score (nSPS) is 18.2. The van der Waals surface area contributed by atoms with E-state index >= 15 is 0 Å². The molecule has 4 rings (SSSR count). The molecule has 33 heavy (non-hydrogen) atoms. The van der Waals surface area contributed by atoms with E-state index in [4.69, 9.17) is 5.73 Å². The van der Waals surface area contributed by atoms with E-state index < -0.39 is 29.3 Å². The lowest BCUT2D eigenvalue weighted by Gasteiger charge is -2.37. The number of amides is 1. The number of alkyl halides is 3. The number of fused-ring (bicyclic) bond motifs is 1. The molecule has 0 bridgehead atoms. The van der Waals surface area contributed by atoms with E-state index in [1.165, 1.54) is 12.4 Å². The Morgan fingerprint density at radius 3 is 2.48 bits per heavy atom. The Morgan fingerprint density at radius 2 is 1.91 bits per heavy atom. The number of halogens is 3. The summed E-state index contributed by atoms with van der Waals surface area (Å²) >= 11 is 0. The summed E-state index contributed by atoms with van der Waals surface area (Å²) in [5.41, 5.74) is 6.25. The molecule has 6 nitrogen and oxygen atoms in total. The number of benzene rings is 1. The quantitative estimate of drug-likeness (QED) is 0.505. The molecule has 0 saturated heterocycles. The minimum atomic E-state index is -4.42. The number of primary amides is 1.